The smallest absolute Gasteiger partial charge is 0.227 e. The quantitative estimate of drug-likeness (QED) is 0.179. The van der Waals surface area contributed by atoms with Crippen molar-refractivity contribution in [3.63, 3.8) is 0 Å². The molecule has 0 spiro atoms. The summed E-state index contributed by atoms with van der Waals surface area (Å²) in [5, 5.41) is 1.95. The molecule has 5 aromatic carbocycles. The highest BCUT2D eigenvalue weighted by Crippen LogP contribution is 2.38. The fourth-order valence-corrected chi connectivity index (χ4v) is 6.40. The minimum atomic E-state index is 0.545. The van der Waals surface area contributed by atoms with E-state index < -0.39 is 0 Å². The first-order valence-electron chi connectivity index (χ1n) is 16.5. The van der Waals surface area contributed by atoms with Crippen LogP contribution in [-0.2, 0) is 0 Å². The minimum Gasteiger partial charge on any atom is -0.438 e. The Kier molecular flexibility index (Phi) is 7.25. The third-order valence-corrected chi connectivity index (χ3v) is 8.94. The Bertz CT molecular complexity index is 2630. The second kappa shape index (κ2) is 12.3. The van der Waals surface area contributed by atoms with Crippen molar-refractivity contribution in [1.82, 2.24) is 24.9 Å². The van der Waals surface area contributed by atoms with Crippen LogP contribution >= 0.6 is 0 Å². The molecule has 0 saturated heterocycles. The van der Waals surface area contributed by atoms with Crippen molar-refractivity contribution in [3.05, 3.63) is 164 Å². The van der Waals surface area contributed by atoms with Crippen LogP contribution in [0.25, 0.3) is 89.7 Å². The molecule has 0 aliphatic rings. The number of fused-ring (bicyclic) bond motifs is 3. The SMILES string of the molecule is Cc1cccc(-c2ccc(-c3nc(-c4ccccc4)nc(-c4ccc5c(c4)oc4nccc(-c6ccc(-c7ccccc7)cc6)c45)n3)cn2)c1. The molecule has 0 unspecified atom stereocenters. The number of pyridine rings is 2. The van der Waals surface area contributed by atoms with Crippen LogP contribution in [0.5, 0.6) is 0 Å². The van der Waals surface area contributed by atoms with Crippen molar-refractivity contribution < 1.29 is 4.42 Å². The molecule has 0 amide bonds. The molecular formula is C44H29N5O. The lowest BCUT2D eigenvalue weighted by molar-refractivity contribution is 0.654. The third kappa shape index (κ3) is 5.49. The van der Waals surface area contributed by atoms with Crippen molar-refractivity contribution in [3.8, 4) is 67.7 Å². The van der Waals surface area contributed by atoms with Crippen LogP contribution < -0.4 is 0 Å². The number of hydrogen-bond donors (Lipinski definition) is 0. The molecule has 4 aromatic heterocycles. The predicted molar refractivity (Wildman–Crippen MR) is 200 cm³/mol. The standard InChI is InChI=1S/C44H29N5O/c1-28-9-8-14-33(25-28)38-22-20-35(27-46-38)43-48-41(32-12-6-3-7-13-32)47-42(49-43)34-19-21-37-39(26-34)50-44-40(37)36(23-24-45-44)31-17-15-30(16-18-31)29-10-4-2-5-11-29/h2-27H,1H3. The molecule has 50 heavy (non-hydrogen) atoms. The van der Waals surface area contributed by atoms with Crippen molar-refractivity contribution in [2.24, 2.45) is 0 Å². The van der Waals surface area contributed by atoms with Crippen molar-refractivity contribution in [2.45, 2.75) is 6.92 Å². The van der Waals surface area contributed by atoms with Crippen molar-refractivity contribution in [1.29, 1.82) is 0 Å². The Morgan fingerprint density at radius 2 is 1.08 bits per heavy atom. The van der Waals surface area contributed by atoms with Gasteiger partial charge in [0.15, 0.2) is 17.5 Å². The van der Waals surface area contributed by atoms with E-state index >= 15 is 0 Å². The molecule has 4 heterocycles. The number of rotatable bonds is 6. The highest BCUT2D eigenvalue weighted by Gasteiger charge is 2.17. The number of aromatic nitrogens is 5. The van der Waals surface area contributed by atoms with Gasteiger partial charge in [-0.1, -0.05) is 115 Å². The molecule has 0 radical (unpaired) electrons. The van der Waals surface area contributed by atoms with Crippen molar-refractivity contribution in [2.75, 3.05) is 0 Å². The van der Waals surface area contributed by atoms with Gasteiger partial charge in [0.05, 0.1) is 11.1 Å². The second-order valence-electron chi connectivity index (χ2n) is 12.3. The number of benzene rings is 5. The molecule has 236 valence electrons. The van der Waals surface area contributed by atoms with Gasteiger partial charge >= 0.3 is 0 Å². The van der Waals surface area contributed by atoms with Gasteiger partial charge in [0, 0.05) is 40.0 Å². The Hall–Kier alpha value is -6.79. The molecule has 0 N–H and O–H groups in total. The van der Waals surface area contributed by atoms with Gasteiger partial charge in [-0.15, -0.1) is 0 Å². The van der Waals surface area contributed by atoms with E-state index in [1.165, 1.54) is 16.7 Å². The van der Waals surface area contributed by atoms with Crippen LogP contribution in [0.2, 0.25) is 0 Å². The Labute approximate surface area is 288 Å². The Morgan fingerprint density at radius 3 is 1.80 bits per heavy atom. The lowest BCUT2D eigenvalue weighted by Crippen LogP contribution is -2.00. The Morgan fingerprint density at radius 1 is 0.460 bits per heavy atom. The molecule has 9 aromatic rings. The van der Waals surface area contributed by atoms with E-state index in [4.69, 9.17) is 24.4 Å². The Balaban J connectivity index is 1.12. The first-order chi connectivity index (χ1) is 24.7. The summed E-state index contributed by atoms with van der Waals surface area (Å²) in [6, 6.07) is 49.5. The fourth-order valence-electron chi connectivity index (χ4n) is 6.40. The summed E-state index contributed by atoms with van der Waals surface area (Å²) < 4.78 is 6.37. The minimum absolute atomic E-state index is 0.545. The molecule has 0 saturated carbocycles. The first kappa shape index (κ1) is 29.4. The van der Waals surface area contributed by atoms with Crippen LogP contribution in [0.15, 0.2) is 162 Å². The molecule has 0 aliphatic heterocycles. The van der Waals surface area contributed by atoms with Gasteiger partial charge in [0.1, 0.15) is 5.58 Å². The number of nitrogens with zero attached hydrogens (tertiary/aromatic N) is 5. The fraction of sp³-hybridized carbons (Fsp3) is 0.0227. The largest absolute Gasteiger partial charge is 0.438 e. The van der Waals surface area contributed by atoms with Gasteiger partial charge < -0.3 is 4.42 Å². The summed E-state index contributed by atoms with van der Waals surface area (Å²) >= 11 is 0. The molecule has 0 bridgehead atoms. The molecule has 0 atom stereocenters. The average Bonchev–Trinajstić information content (AvgIpc) is 3.57. The van der Waals surface area contributed by atoms with Gasteiger partial charge in [-0.2, -0.15) is 0 Å². The zero-order valence-electron chi connectivity index (χ0n) is 27.2. The monoisotopic (exact) mass is 643 g/mol. The van der Waals surface area contributed by atoms with Gasteiger partial charge in [-0.05, 0) is 65.6 Å². The van der Waals surface area contributed by atoms with E-state index in [0.717, 1.165) is 49.8 Å². The molecular weight excluding hydrogens is 615 g/mol. The maximum Gasteiger partial charge on any atom is 0.227 e. The summed E-state index contributed by atoms with van der Waals surface area (Å²) in [5.41, 5.74) is 11.5. The van der Waals surface area contributed by atoms with E-state index in [0.29, 0.717) is 28.8 Å². The highest BCUT2D eigenvalue weighted by molar-refractivity contribution is 6.11. The van der Waals surface area contributed by atoms with Gasteiger partial charge in [0.2, 0.25) is 5.71 Å². The topological polar surface area (TPSA) is 77.6 Å². The zero-order chi connectivity index (χ0) is 33.4. The van der Waals surface area contributed by atoms with Gasteiger partial charge in [-0.3, -0.25) is 4.98 Å². The van der Waals surface area contributed by atoms with Crippen LogP contribution in [-0.4, -0.2) is 24.9 Å². The van der Waals surface area contributed by atoms with Crippen LogP contribution in [0, 0.1) is 6.92 Å². The van der Waals surface area contributed by atoms with Gasteiger partial charge in [-0.25, -0.2) is 19.9 Å². The van der Waals surface area contributed by atoms with Crippen molar-refractivity contribution >= 4 is 22.1 Å². The average molecular weight is 644 g/mol. The predicted octanol–water partition coefficient (Wildman–Crippen LogP) is 10.9. The highest BCUT2D eigenvalue weighted by atomic mass is 16.3. The summed E-state index contributed by atoms with van der Waals surface area (Å²) in [6.07, 6.45) is 3.63. The van der Waals surface area contributed by atoms with E-state index in [1.807, 2.05) is 79.0 Å². The molecule has 6 nitrogen and oxygen atoms in total. The van der Waals surface area contributed by atoms with Crippen LogP contribution in [0.3, 0.4) is 0 Å². The number of furan rings is 1. The van der Waals surface area contributed by atoms with E-state index in [-0.39, 0.29) is 0 Å². The number of aryl methyl sites for hydroxylation is 1. The maximum absolute atomic E-state index is 6.37. The number of hydrogen-bond acceptors (Lipinski definition) is 6. The molecule has 0 fully saturated rings. The van der Waals surface area contributed by atoms with E-state index in [9.17, 15) is 0 Å². The normalized spacial score (nSPS) is 11.3. The lowest BCUT2D eigenvalue weighted by atomic mass is 9.98. The second-order valence-corrected chi connectivity index (χ2v) is 12.3. The molecule has 0 aliphatic carbocycles. The van der Waals surface area contributed by atoms with E-state index in [1.54, 1.807) is 6.20 Å². The van der Waals surface area contributed by atoms with Crippen LogP contribution in [0.1, 0.15) is 5.56 Å². The molecule has 9 rings (SSSR count). The third-order valence-electron chi connectivity index (χ3n) is 8.94. The maximum atomic E-state index is 6.37. The summed E-state index contributed by atoms with van der Waals surface area (Å²) in [7, 11) is 0. The first-order valence-corrected chi connectivity index (χ1v) is 16.5. The zero-order valence-corrected chi connectivity index (χ0v) is 27.2. The summed E-state index contributed by atoms with van der Waals surface area (Å²) in [6.45, 7) is 2.08. The summed E-state index contributed by atoms with van der Waals surface area (Å²) in [5.74, 6) is 1.68. The summed E-state index contributed by atoms with van der Waals surface area (Å²) in [4.78, 5) is 24.1. The van der Waals surface area contributed by atoms with E-state index in [2.05, 4.69) is 84.7 Å². The molecule has 6 heteroatoms. The van der Waals surface area contributed by atoms with Crippen LogP contribution in [0.4, 0.5) is 0 Å². The lowest BCUT2D eigenvalue weighted by Gasteiger charge is -2.09. The van der Waals surface area contributed by atoms with Gasteiger partial charge in [0.25, 0.3) is 0 Å².